The van der Waals surface area contributed by atoms with Crippen LogP contribution in [0.15, 0.2) is 24.3 Å². The largest absolute Gasteiger partial charge is 0.311 e. The second-order valence-corrected chi connectivity index (χ2v) is 3.28. The van der Waals surface area contributed by atoms with Gasteiger partial charge in [-0.3, -0.25) is 9.59 Å². The summed E-state index contributed by atoms with van der Waals surface area (Å²) in [4.78, 5) is 29.6. The van der Waals surface area contributed by atoms with Crippen molar-refractivity contribution in [3.8, 4) is 0 Å². The van der Waals surface area contributed by atoms with Gasteiger partial charge in [-0.1, -0.05) is 0 Å². The average molecular weight is 215 g/mol. The molecule has 0 unspecified atom stereocenters. The van der Waals surface area contributed by atoms with Crippen molar-refractivity contribution in [1.82, 2.24) is 9.97 Å². The van der Waals surface area contributed by atoms with Crippen LogP contribution in [-0.4, -0.2) is 22.2 Å². The van der Waals surface area contributed by atoms with E-state index in [4.69, 9.17) is 0 Å². The fraction of sp³-hybridized carbons (Fsp3) is 0.0909. The Morgan fingerprint density at radius 3 is 2.69 bits per heavy atom. The van der Waals surface area contributed by atoms with Gasteiger partial charge in [0, 0.05) is 12.3 Å². The van der Waals surface area contributed by atoms with Gasteiger partial charge in [-0.05, 0) is 24.3 Å². The number of aldehydes is 1. The van der Waals surface area contributed by atoms with E-state index in [-0.39, 0.29) is 5.91 Å². The highest BCUT2D eigenvalue weighted by Crippen LogP contribution is 2.13. The summed E-state index contributed by atoms with van der Waals surface area (Å²) < 4.78 is 0. The van der Waals surface area contributed by atoms with Crippen molar-refractivity contribution in [3.05, 3.63) is 30.0 Å². The third kappa shape index (κ3) is 2.03. The molecule has 0 saturated carbocycles. The summed E-state index contributed by atoms with van der Waals surface area (Å²) in [5.41, 5.74) is 0.760. The molecule has 16 heavy (non-hydrogen) atoms. The smallest absolute Gasteiger partial charge is 0.222 e. The predicted molar refractivity (Wildman–Crippen MR) is 59.2 cm³/mol. The molecule has 0 bridgehead atoms. The maximum atomic E-state index is 10.8. The first kappa shape index (κ1) is 10.2. The van der Waals surface area contributed by atoms with Crippen LogP contribution >= 0.6 is 0 Å². The third-order valence-corrected chi connectivity index (χ3v) is 2.00. The van der Waals surface area contributed by atoms with Crippen LogP contribution in [0.4, 0.5) is 5.82 Å². The number of nitrogens with one attached hydrogen (secondary N) is 1. The second kappa shape index (κ2) is 4.06. The first-order valence-corrected chi connectivity index (χ1v) is 4.69. The molecule has 5 nitrogen and oxygen atoms in total. The lowest BCUT2D eigenvalue weighted by atomic mass is 10.2. The van der Waals surface area contributed by atoms with Crippen molar-refractivity contribution < 1.29 is 9.59 Å². The molecule has 2 aromatic rings. The predicted octanol–water partition coefficient (Wildman–Crippen LogP) is 1.40. The number of carbonyl (C=O) groups excluding carboxylic acids is 2. The summed E-state index contributed by atoms with van der Waals surface area (Å²) in [6.07, 6.45) is 0.659. The number of carbonyl (C=O) groups is 2. The molecule has 1 N–H and O–H groups in total. The number of anilines is 1. The number of hydrogen-bond donors (Lipinski definition) is 1. The first-order valence-electron chi connectivity index (χ1n) is 4.69. The lowest BCUT2D eigenvalue weighted by molar-refractivity contribution is -0.114. The molecule has 2 rings (SSSR count). The number of rotatable bonds is 2. The van der Waals surface area contributed by atoms with Gasteiger partial charge >= 0.3 is 0 Å². The van der Waals surface area contributed by atoms with Gasteiger partial charge in [0.15, 0.2) is 11.9 Å². The van der Waals surface area contributed by atoms with Crippen LogP contribution in [-0.2, 0) is 4.79 Å². The Morgan fingerprint density at radius 1 is 1.25 bits per heavy atom. The van der Waals surface area contributed by atoms with Crippen LogP contribution in [0, 0.1) is 0 Å². The Morgan fingerprint density at radius 2 is 2.00 bits per heavy atom. The van der Waals surface area contributed by atoms with Crippen LogP contribution in [0.5, 0.6) is 0 Å². The normalized spacial score (nSPS) is 10.1. The van der Waals surface area contributed by atoms with Gasteiger partial charge in [0.05, 0.1) is 0 Å². The second-order valence-electron chi connectivity index (χ2n) is 3.28. The minimum Gasteiger partial charge on any atom is -0.311 e. The van der Waals surface area contributed by atoms with Gasteiger partial charge in [0.2, 0.25) is 5.91 Å². The van der Waals surface area contributed by atoms with E-state index in [2.05, 4.69) is 15.3 Å². The van der Waals surface area contributed by atoms with E-state index >= 15 is 0 Å². The minimum absolute atomic E-state index is 0.196. The van der Waals surface area contributed by atoms with E-state index in [0.29, 0.717) is 23.4 Å². The molecule has 0 aromatic carbocycles. The standard InChI is InChI=1S/C11H9N3O2/c1-7(16)12-10-5-3-8-2-4-9(6-15)13-11(8)14-10/h2-6H,1H3,(H,12,13,14,16). The average Bonchev–Trinajstić information content (AvgIpc) is 2.27. The zero-order chi connectivity index (χ0) is 11.5. The SMILES string of the molecule is CC(=O)Nc1ccc2ccc(C=O)nc2n1. The van der Waals surface area contributed by atoms with Gasteiger partial charge in [0.1, 0.15) is 11.5 Å². The Hall–Kier alpha value is -2.30. The van der Waals surface area contributed by atoms with Gasteiger partial charge in [-0.2, -0.15) is 0 Å². The molecule has 0 fully saturated rings. The maximum absolute atomic E-state index is 10.8. The topological polar surface area (TPSA) is 72.0 Å². The van der Waals surface area contributed by atoms with Gasteiger partial charge in [-0.15, -0.1) is 0 Å². The van der Waals surface area contributed by atoms with Crippen molar-refractivity contribution in [2.24, 2.45) is 0 Å². The highest BCUT2D eigenvalue weighted by atomic mass is 16.1. The van der Waals surface area contributed by atoms with Crippen molar-refractivity contribution in [1.29, 1.82) is 0 Å². The molecular formula is C11H9N3O2. The number of fused-ring (bicyclic) bond motifs is 1. The molecule has 0 aliphatic rings. The molecule has 0 aliphatic heterocycles. The number of pyridine rings is 2. The minimum atomic E-state index is -0.196. The number of amides is 1. The number of aromatic nitrogens is 2. The first-order chi connectivity index (χ1) is 7.69. The molecule has 80 valence electrons. The summed E-state index contributed by atoms with van der Waals surface area (Å²) in [6, 6.07) is 6.85. The quantitative estimate of drug-likeness (QED) is 0.768. The molecule has 0 saturated heterocycles. The Kier molecular flexibility index (Phi) is 2.59. The molecule has 2 aromatic heterocycles. The van der Waals surface area contributed by atoms with Gasteiger partial charge in [0.25, 0.3) is 0 Å². The van der Waals surface area contributed by atoms with Gasteiger partial charge < -0.3 is 5.32 Å². The molecule has 0 radical (unpaired) electrons. The Balaban J connectivity index is 2.50. The van der Waals surface area contributed by atoms with Crippen LogP contribution < -0.4 is 5.32 Å². The van der Waals surface area contributed by atoms with Crippen LogP contribution in [0.25, 0.3) is 11.0 Å². The summed E-state index contributed by atoms with van der Waals surface area (Å²) >= 11 is 0. The lowest BCUT2D eigenvalue weighted by Gasteiger charge is -2.02. The van der Waals surface area contributed by atoms with Crippen molar-refractivity contribution in [2.45, 2.75) is 6.92 Å². The van der Waals surface area contributed by atoms with Crippen molar-refractivity contribution in [2.75, 3.05) is 5.32 Å². The fourth-order valence-corrected chi connectivity index (χ4v) is 1.33. The van der Waals surface area contributed by atoms with Crippen LogP contribution in [0.3, 0.4) is 0 Å². The van der Waals surface area contributed by atoms with Crippen molar-refractivity contribution in [3.63, 3.8) is 0 Å². The van der Waals surface area contributed by atoms with Crippen LogP contribution in [0.2, 0.25) is 0 Å². The molecular weight excluding hydrogens is 206 g/mol. The zero-order valence-corrected chi connectivity index (χ0v) is 8.60. The monoisotopic (exact) mass is 215 g/mol. The van der Waals surface area contributed by atoms with E-state index in [1.54, 1.807) is 24.3 Å². The number of hydrogen-bond acceptors (Lipinski definition) is 4. The van der Waals surface area contributed by atoms with E-state index in [1.165, 1.54) is 6.92 Å². The number of nitrogens with zero attached hydrogens (tertiary/aromatic N) is 2. The summed E-state index contributed by atoms with van der Waals surface area (Å²) in [6.45, 7) is 1.40. The summed E-state index contributed by atoms with van der Waals surface area (Å²) in [7, 11) is 0. The van der Waals surface area contributed by atoms with Crippen molar-refractivity contribution >= 4 is 29.0 Å². The molecule has 5 heteroatoms. The summed E-state index contributed by atoms with van der Waals surface area (Å²) in [5.74, 6) is 0.231. The molecule has 0 spiro atoms. The highest BCUT2D eigenvalue weighted by Gasteiger charge is 2.02. The molecule has 0 atom stereocenters. The zero-order valence-electron chi connectivity index (χ0n) is 8.60. The highest BCUT2D eigenvalue weighted by molar-refractivity contribution is 5.89. The maximum Gasteiger partial charge on any atom is 0.222 e. The van der Waals surface area contributed by atoms with E-state index in [9.17, 15) is 9.59 Å². The summed E-state index contributed by atoms with van der Waals surface area (Å²) in [5, 5.41) is 3.38. The third-order valence-electron chi connectivity index (χ3n) is 2.00. The molecule has 0 aliphatic carbocycles. The van der Waals surface area contributed by atoms with Crippen LogP contribution in [0.1, 0.15) is 17.4 Å². The fourth-order valence-electron chi connectivity index (χ4n) is 1.33. The van der Waals surface area contributed by atoms with E-state index < -0.39 is 0 Å². The Labute approximate surface area is 91.5 Å². The van der Waals surface area contributed by atoms with E-state index in [0.717, 1.165) is 5.39 Å². The lowest BCUT2D eigenvalue weighted by Crippen LogP contribution is -2.07. The van der Waals surface area contributed by atoms with Gasteiger partial charge in [-0.25, -0.2) is 9.97 Å². The molecule has 2 heterocycles. The van der Waals surface area contributed by atoms with E-state index in [1.807, 2.05) is 0 Å². The Bertz CT molecular complexity index is 566. The molecule has 1 amide bonds.